The third-order valence-corrected chi connectivity index (χ3v) is 6.40. The molecule has 2 aliphatic heterocycles. The lowest BCUT2D eigenvalue weighted by Crippen LogP contribution is -2.29. The fourth-order valence-electron chi connectivity index (χ4n) is 4.68. The lowest BCUT2D eigenvalue weighted by atomic mass is 9.94. The summed E-state index contributed by atoms with van der Waals surface area (Å²) in [5, 5.41) is 13.9. The molecule has 2 aliphatic rings. The van der Waals surface area contributed by atoms with Gasteiger partial charge in [-0.25, -0.2) is 4.98 Å². The van der Waals surface area contributed by atoms with Crippen LogP contribution < -0.4 is 29.0 Å². The molecule has 39 heavy (non-hydrogen) atoms. The Morgan fingerprint density at radius 2 is 1.92 bits per heavy atom. The van der Waals surface area contributed by atoms with Crippen molar-refractivity contribution in [2.24, 2.45) is 0 Å². The second kappa shape index (κ2) is 11.3. The lowest BCUT2D eigenvalue weighted by molar-refractivity contribution is -0.378. The third-order valence-electron chi connectivity index (χ3n) is 6.40. The maximum Gasteiger partial charge on any atom is 0.295 e. The minimum Gasteiger partial charge on any atom is -0.872 e. The van der Waals surface area contributed by atoms with Gasteiger partial charge in [0.15, 0.2) is 35.4 Å². The number of rotatable bonds is 9. The zero-order chi connectivity index (χ0) is 27.4. The molecule has 1 saturated heterocycles. The van der Waals surface area contributed by atoms with Crippen molar-refractivity contribution in [3.8, 4) is 23.0 Å². The number of hydrogen-bond donors (Lipinski definition) is 0. The van der Waals surface area contributed by atoms with E-state index >= 15 is 0 Å². The number of amides is 1. The molecule has 0 saturated carbocycles. The van der Waals surface area contributed by atoms with Crippen LogP contribution in [0.15, 0.2) is 79.2 Å². The predicted octanol–water partition coefficient (Wildman–Crippen LogP) is 2.66. The highest BCUT2D eigenvalue weighted by Crippen LogP contribution is 2.43. The molecule has 0 bridgehead atoms. The molecule has 0 spiro atoms. The summed E-state index contributed by atoms with van der Waals surface area (Å²) in [7, 11) is 0. The van der Waals surface area contributed by atoms with Gasteiger partial charge in [0.05, 0.1) is 19.2 Å². The van der Waals surface area contributed by atoms with E-state index in [0.29, 0.717) is 48.4 Å². The van der Waals surface area contributed by atoms with Crippen molar-refractivity contribution < 1.29 is 38.6 Å². The number of benzene rings is 2. The van der Waals surface area contributed by atoms with Gasteiger partial charge in [-0.2, -0.15) is 0 Å². The molecule has 1 aromatic heterocycles. The Morgan fingerprint density at radius 3 is 2.67 bits per heavy atom. The largest absolute Gasteiger partial charge is 0.872 e. The number of likely N-dealkylation sites (tertiary alicyclic amines) is 1. The lowest BCUT2D eigenvalue weighted by Gasteiger charge is -2.28. The normalized spacial score (nSPS) is 17.7. The standard InChI is InChI=1S/C30H28N2O7/c1-3-12-37-22-9-7-20(15-24(22)36-4-2)27-26(28(33)21-8-10-23-25(16-21)39-14-13-38-23)29(34)30(35)32(27)18-19-6-5-11-31-17-19/h3,5-11,15-17,27,33H,1,4,12-14,18H2,2H3. The Bertz CT molecular complexity index is 1430. The number of nitrogens with one attached hydrogen (secondary N) is 1. The van der Waals surface area contributed by atoms with E-state index in [1.165, 1.54) is 4.90 Å². The van der Waals surface area contributed by atoms with Gasteiger partial charge in [0, 0.05) is 17.2 Å². The van der Waals surface area contributed by atoms with Crippen LogP contribution in [0, 0.1) is 0 Å². The maximum atomic E-state index is 13.9. The average Bonchev–Trinajstić information content (AvgIpc) is 3.21. The van der Waals surface area contributed by atoms with E-state index < -0.39 is 23.5 Å². The topological polar surface area (TPSA) is 111 Å². The molecule has 1 N–H and O–H groups in total. The van der Waals surface area contributed by atoms with Crippen LogP contribution in [0.3, 0.4) is 0 Å². The van der Waals surface area contributed by atoms with Gasteiger partial charge in [-0.15, -0.1) is 0 Å². The molecule has 1 unspecified atom stereocenters. The number of aromatic nitrogens is 1. The van der Waals surface area contributed by atoms with Crippen LogP contribution in [0.2, 0.25) is 0 Å². The molecular formula is C30H28N2O7. The van der Waals surface area contributed by atoms with E-state index in [0.717, 1.165) is 5.56 Å². The number of carbonyl (C=O) groups is 2. The minimum atomic E-state index is -0.946. The molecule has 5 rings (SSSR count). The summed E-state index contributed by atoms with van der Waals surface area (Å²) in [4.78, 5) is 31.2. The Hall–Kier alpha value is -4.79. The summed E-state index contributed by atoms with van der Waals surface area (Å²) < 4.78 is 22.7. The minimum absolute atomic E-state index is 0.114. The van der Waals surface area contributed by atoms with E-state index in [1.807, 2.05) is 13.0 Å². The summed E-state index contributed by atoms with van der Waals surface area (Å²) in [6.07, 6.45) is 5.11. The van der Waals surface area contributed by atoms with Crippen LogP contribution in [0.5, 0.6) is 23.0 Å². The molecule has 2 aromatic carbocycles. The smallest absolute Gasteiger partial charge is 0.295 e. The van der Waals surface area contributed by atoms with E-state index in [2.05, 4.69) is 11.6 Å². The van der Waals surface area contributed by atoms with Gasteiger partial charge in [-0.05, 0) is 48.4 Å². The first-order valence-electron chi connectivity index (χ1n) is 12.6. The number of carbonyl (C=O) groups excluding carboxylic acids is 2. The van der Waals surface area contributed by atoms with Crippen LogP contribution in [0.4, 0.5) is 0 Å². The van der Waals surface area contributed by atoms with Crippen molar-refractivity contribution in [2.45, 2.75) is 19.5 Å². The summed E-state index contributed by atoms with van der Waals surface area (Å²) in [5.74, 6) is -0.295. The number of fused-ring (bicyclic) bond motifs is 1. The number of H-pyrrole nitrogens is 1. The number of hydrogen-bond acceptors (Lipinski definition) is 7. The van der Waals surface area contributed by atoms with E-state index in [-0.39, 0.29) is 24.3 Å². The fraction of sp³-hybridized carbons (Fsp3) is 0.233. The highest BCUT2D eigenvalue weighted by Gasteiger charge is 2.44. The molecule has 1 fully saturated rings. The fourth-order valence-corrected chi connectivity index (χ4v) is 4.68. The van der Waals surface area contributed by atoms with Gasteiger partial charge in [0.25, 0.3) is 5.91 Å². The average molecular weight is 529 g/mol. The highest BCUT2D eigenvalue weighted by atomic mass is 16.6. The van der Waals surface area contributed by atoms with Gasteiger partial charge in [0.1, 0.15) is 19.8 Å². The van der Waals surface area contributed by atoms with Crippen molar-refractivity contribution in [3.63, 3.8) is 0 Å². The molecular weight excluding hydrogens is 500 g/mol. The molecule has 1 amide bonds. The number of nitrogens with zero attached hydrogens (tertiary/aromatic N) is 1. The van der Waals surface area contributed by atoms with Gasteiger partial charge >= 0.3 is 0 Å². The van der Waals surface area contributed by atoms with Crippen molar-refractivity contribution in [1.29, 1.82) is 0 Å². The number of pyridine rings is 1. The first-order valence-corrected chi connectivity index (χ1v) is 12.6. The van der Waals surface area contributed by atoms with E-state index in [1.54, 1.807) is 60.9 Å². The van der Waals surface area contributed by atoms with Gasteiger partial charge in [0.2, 0.25) is 5.78 Å². The Labute approximate surface area is 225 Å². The number of ether oxygens (including phenoxy) is 4. The Morgan fingerprint density at radius 1 is 1.10 bits per heavy atom. The van der Waals surface area contributed by atoms with Gasteiger partial charge in [-0.3, -0.25) is 9.59 Å². The molecule has 1 atom stereocenters. The second-order valence-electron chi connectivity index (χ2n) is 8.92. The zero-order valence-corrected chi connectivity index (χ0v) is 21.5. The monoisotopic (exact) mass is 528 g/mol. The predicted molar refractivity (Wildman–Crippen MR) is 139 cm³/mol. The number of Topliss-reactive ketones (excluding diaryl/α,β-unsaturated/α-hetero) is 1. The SMILES string of the molecule is C=CCOc1ccc(C2C(=C([O-])c3ccc4c(c3)OCCO4)C(=O)C(=O)N2Cc2ccc[nH+]c2)cc1OCC. The highest BCUT2D eigenvalue weighted by molar-refractivity contribution is 6.46. The summed E-state index contributed by atoms with van der Waals surface area (Å²) in [6, 6.07) is 12.6. The van der Waals surface area contributed by atoms with Crippen molar-refractivity contribution in [3.05, 3.63) is 95.8 Å². The summed E-state index contributed by atoms with van der Waals surface area (Å²) in [6.45, 7) is 7.03. The molecule has 0 radical (unpaired) electrons. The molecule has 3 heterocycles. The first kappa shape index (κ1) is 25.8. The first-order chi connectivity index (χ1) is 19.0. The van der Waals surface area contributed by atoms with Crippen molar-refractivity contribution in [2.75, 3.05) is 26.4 Å². The molecule has 9 nitrogen and oxygen atoms in total. The van der Waals surface area contributed by atoms with Crippen LogP contribution >= 0.6 is 0 Å². The maximum absolute atomic E-state index is 13.9. The second-order valence-corrected chi connectivity index (χ2v) is 8.92. The van der Waals surface area contributed by atoms with Crippen molar-refractivity contribution >= 4 is 17.4 Å². The summed E-state index contributed by atoms with van der Waals surface area (Å²) in [5.41, 5.74) is 1.40. The molecule has 9 heteroatoms. The van der Waals surface area contributed by atoms with Gasteiger partial charge in [-0.1, -0.05) is 30.5 Å². The zero-order valence-electron chi connectivity index (χ0n) is 21.5. The van der Waals surface area contributed by atoms with E-state index in [4.69, 9.17) is 18.9 Å². The molecule has 0 aliphatic carbocycles. The quantitative estimate of drug-likeness (QED) is 0.182. The van der Waals surface area contributed by atoms with Gasteiger partial charge < -0.3 is 29.0 Å². The molecule has 200 valence electrons. The molecule has 3 aromatic rings. The Balaban J connectivity index is 1.64. The Kier molecular flexibility index (Phi) is 7.49. The number of aromatic amines is 1. The van der Waals surface area contributed by atoms with Crippen LogP contribution in [-0.2, 0) is 16.1 Å². The summed E-state index contributed by atoms with van der Waals surface area (Å²) >= 11 is 0. The van der Waals surface area contributed by atoms with Crippen LogP contribution in [0.1, 0.15) is 29.7 Å². The van der Waals surface area contributed by atoms with E-state index in [9.17, 15) is 14.7 Å². The third kappa shape index (κ3) is 5.16. The van der Waals surface area contributed by atoms with Crippen molar-refractivity contribution in [1.82, 2.24) is 4.90 Å². The number of ketones is 1. The van der Waals surface area contributed by atoms with Crippen LogP contribution in [0.25, 0.3) is 5.76 Å². The van der Waals surface area contributed by atoms with Crippen LogP contribution in [-0.4, -0.2) is 43.0 Å².